The largest absolute Gasteiger partial charge is 0.467 e. The van der Waals surface area contributed by atoms with Crippen molar-refractivity contribution in [2.75, 3.05) is 18.6 Å². The van der Waals surface area contributed by atoms with Crippen LogP contribution in [0.5, 0.6) is 0 Å². The summed E-state index contributed by atoms with van der Waals surface area (Å²) in [7, 11) is 1.14. The molecule has 1 aromatic carbocycles. The number of aryl methyl sites for hydroxylation is 1. The number of hydrogen-bond acceptors (Lipinski definition) is 7. The highest BCUT2D eigenvalue weighted by Crippen LogP contribution is 2.39. The molecule has 0 fully saturated rings. The molecule has 1 unspecified atom stereocenters. The molecule has 1 aromatic rings. The van der Waals surface area contributed by atoms with Crippen molar-refractivity contribution < 1.29 is 33.8 Å². The van der Waals surface area contributed by atoms with Gasteiger partial charge >= 0.3 is 5.97 Å². The Morgan fingerprint density at radius 1 is 1.17 bits per heavy atom. The smallest absolute Gasteiger partial charge is 0.330 e. The molecular formula is C24H32N4O7. The first-order chi connectivity index (χ1) is 16.6. The number of carbonyl (C=O) groups is 5. The van der Waals surface area contributed by atoms with Crippen LogP contribution in [0.15, 0.2) is 18.2 Å². The summed E-state index contributed by atoms with van der Waals surface area (Å²) >= 11 is 0. The SMILES string of the molecule is COC(=O)C(CO)NC(=O)[C@@H]1Cc2cccc3c2N1C(=O)[C@@H](NC(=O)[C@@H](NC(C)=O)C(C)C)CC3. The standard InChI is InChI=1S/C24H32N4O7/c1-12(2)19(25-13(3)30)22(32)26-16-9-8-14-6-5-7-15-10-18(28(20(14)15)23(16)33)21(31)27-17(11-29)24(34)35-4/h5-7,12,16-19,29H,8-11H2,1-4H3,(H,25,30)(H,26,32)(H,27,31)/t16-,17?,18-,19-/m0/s1. The number of aliphatic hydroxyl groups is 1. The van der Waals surface area contributed by atoms with Crippen LogP contribution in [0, 0.1) is 5.92 Å². The third-order valence-corrected chi connectivity index (χ3v) is 6.32. The van der Waals surface area contributed by atoms with Gasteiger partial charge in [-0.2, -0.15) is 0 Å². The van der Waals surface area contributed by atoms with E-state index in [-0.39, 0.29) is 18.2 Å². The number of nitrogens with one attached hydrogen (secondary N) is 3. The molecule has 35 heavy (non-hydrogen) atoms. The number of ether oxygens (including phenoxy) is 1. The first kappa shape index (κ1) is 26.1. The van der Waals surface area contributed by atoms with Gasteiger partial charge in [-0.05, 0) is 29.9 Å². The summed E-state index contributed by atoms with van der Waals surface area (Å²) in [5, 5.41) is 17.3. The van der Waals surface area contributed by atoms with Gasteiger partial charge in [-0.25, -0.2) is 4.79 Å². The van der Waals surface area contributed by atoms with Crippen LogP contribution in [0.1, 0.15) is 38.3 Å². The van der Waals surface area contributed by atoms with Crippen molar-refractivity contribution in [2.45, 2.75) is 64.2 Å². The highest BCUT2D eigenvalue weighted by atomic mass is 16.5. The minimum atomic E-state index is -1.27. The average Bonchev–Trinajstić information content (AvgIpc) is 3.16. The van der Waals surface area contributed by atoms with Crippen molar-refractivity contribution in [3.05, 3.63) is 29.3 Å². The minimum Gasteiger partial charge on any atom is -0.467 e. The molecule has 0 aromatic heterocycles. The Morgan fingerprint density at radius 3 is 2.46 bits per heavy atom. The first-order valence-electron chi connectivity index (χ1n) is 11.6. The fourth-order valence-electron chi connectivity index (χ4n) is 4.58. The van der Waals surface area contributed by atoms with E-state index in [1.54, 1.807) is 13.8 Å². The zero-order valence-electron chi connectivity index (χ0n) is 20.3. The Balaban J connectivity index is 1.88. The summed E-state index contributed by atoms with van der Waals surface area (Å²) in [5.74, 6) is -2.92. The zero-order valence-corrected chi connectivity index (χ0v) is 20.3. The van der Waals surface area contributed by atoms with Crippen LogP contribution < -0.4 is 20.9 Å². The van der Waals surface area contributed by atoms with Gasteiger partial charge in [-0.1, -0.05) is 32.0 Å². The van der Waals surface area contributed by atoms with E-state index in [0.29, 0.717) is 18.5 Å². The molecule has 0 bridgehead atoms. The zero-order chi connectivity index (χ0) is 25.9. The Bertz CT molecular complexity index is 1030. The van der Waals surface area contributed by atoms with Crippen LogP contribution in [-0.2, 0) is 41.6 Å². The van der Waals surface area contributed by atoms with Crippen molar-refractivity contribution in [2.24, 2.45) is 5.92 Å². The van der Waals surface area contributed by atoms with Gasteiger partial charge in [-0.3, -0.25) is 24.1 Å². The molecule has 2 aliphatic heterocycles. The molecule has 0 spiro atoms. The van der Waals surface area contributed by atoms with E-state index in [0.717, 1.165) is 18.2 Å². The second-order valence-electron chi connectivity index (χ2n) is 9.14. The molecule has 4 atom stereocenters. The monoisotopic (exact) mass is 488 g/mol. The van der Waals surface area contributed by atoms with Crippen LogP contribution in [0.25, 0.3) is 0 Å². The number of rotatable bonds is 8. The van der Waals surface area contributed by atoms with E-state index in [4.69, 9.17) is 0 Å². The number of benzene rings is 1. The van der Waals surface area contributed by atoms with E-state index < -0.39 is 54.5 Å². The van der Waals surface area contributed by atoms with Crippen molar-refractivity contribution in [1.29, 1.82) is 0 Å². The Kier molecular flexibility index (Phi) is 8.11. The number of nitrogens with zero attached hydrogens (tertiary/aromatic N) is 1. The predicted molar refractivity (Wildman–Crippen MR) is 125 cm³/mol. The molecule has 0 radical (unpaired) electrons. The minimum absolute atomic E-state index is 0.206. The lowest BCUT2D eigenvalue weighted by molar-refractivity contribution is -0.146. The van der Waals surface area contributed by atoms with Crippen LogP contribution in [0.4, 0.5) is 5.69 Å². The number of methoxy groups -OCH3 is 1. The molecule has 2 aliphatic rings. The van der Waals surface area contributed by atoms with Crippen LogP contribution in [-0.4, -0.2) is 72.6 Å². The summed E-state index contributed by atoms with van der Waals surface area (Å²) in [6.45, 7) is 4.24. The van der Waals surface area contributed by atoms with Gasteiger partial charge in [0, 0.05) is 13.3 Å². The maximum Gasteiger partial charge on any atom is 0.330 e. The van der Waals surface area contributed by atoms with E-state index in [1.165, 1.54) is 11.8 Å². The second-order valence-corrected chi connectivity index (χ2v) is 9.14. The lowest BCUT2D eigenvalue weighted by atomic mass is 10.00. The van der Waals surface area contributed by atoms with E-state index in [9.17, 15) is 29.1 Å². The molecule has 4 amide bonds. The normalized spacial score (nSPS) is 20.4. The van der Waals surface area contributed by atoms with Gasteiger partial charge in [-0.15, -0.1) is 0 Å². The summed E-state index contributed by atoms with van der Waals surface area (Å²) < 4.78 is 4.61. The summed E-state index contributed by atoms with van der Waals surface area (Å²) in [5.41, 5.74) is 2.31. The van der Waals surface area contributed by atoms with Gasteiger partial charge < -0.3 is 25.8 Å². The number of carbonyl (C=O) groups excluding carboxylic acids is 5. The first-order valence-corrected chi connectivity index (χ1v) is 11.6. The van der Waals surface area contributed by atoms with Gasteiger partial charge in [0.25, 0.3) is 0 Å². The van der Waals surface area contributed by atoms with Crippen LogP contribution in [0.2, 0.25) is 0 Å². The van der Waals surface area contributed by atoms with Crippen molar-refractivity contribution >= 4 is 35.3 Å². The molecular weight excluding hydrogens is 456 g/mol. The van der Waals surface area contributed by atoms with E-state index in [1.807, 2.05) is 18.2 Å². The third-order valence-electron chi connectivity index (χ3n) is 6.32. The summed E-state index contributed by atoms with van der Waals surface area (Å²) in [6, 6.07) is 1.60. The molecule has 0 aliphatic carbocycles. The molecule has 4 N–H and O–H groups in total. The number of aliphatic hydroxyl groups excluding tert-OH is 1. The van der Waals surface area contributed by atoms with Gasteiger partial charge in [0.2, 0.25) is 23.6 Å². The van der Waals surface area contributed by atoms with Gasteiger partial charge in [0.15, 0.2) is 6.04 Å². The van der Waals surface area contributed by atoms with Crippen molar-refractivity contribution in [3.8, 4) is 0 Å². The van der Waals surface area contributed by atoms with E-state index >= 15 is 0 Å². The molecule has 11 nitrogen and oxygen atoms in total. The molecule has 2 heterocycles. The molecule has 190 valence electrons. The lowest BCUT2D eigenvalue weighted by Crippen LogP contribution is -2.59. The predicted octanol–water partition coefficient (Wildman–Crippen LogP) is -0.814. The number of anilines is 1. The van der Waals surface area contributed by atoms with E-state index in [2.05, 4.69) is 20.7 Å². The maximum atomic E-state index is 13.7. The number of para-hydroxylation sites is 1. The average molecular weight is 489 g/mol. The molecule has 11 heteroatoms. The Hall–Kier alpha value is -3.47. The molecule has 0 saturated heterocycles. The second kappa shape index (κ2) is 10.9. The van der Waals surface area contributed by atoms with Gasteiger partial charge in [0.1, 0.15) is 18.1 Å². The van der Waals surface area contributed by atoms with Crippen molar-refractivity contribution in [1.82, 2.24) is 16.0 Å². The summed E-state index contributed by atoms with van der Waals surface area (Å²) in [6.07, 6.45) is 1.04. The number of hydrogen-bond donors (Lipinski definition) is 4. The Morgan fingerprint density at radius 2 is 1.86 bits per heavy atom. The number of amides is 4. The highest BCUT2D eigenvalue weighted by Gasteiger charge is 2.45. The Labute approximate surface area is 203 Å². The molecule has 0 saturated carbocycles. The number of esters is 1. The quantitative estimate of drug-likeness (QED) is 0.349. The van der Waals surface area contributed by atoms with Crippen LogP contribution >= 0.6 is 0 Å². The van der Waals surface area contributed by atoms with Crippen molar-refractivity contribution in [3.63, 3.8) is 0 Å². The third kappa shape index (κ3) is 5.45. The maximum absolute atomic E-state index is 13.7. The topological polar surface area (TPSA) is 154 Å². The molecule has 3 rings (SSSR count). The fourth-order valence-corrected chi connectivity index (χ4v) is 4.58. The summed E-state index contributed by atoms with van der Waals surface area (Å²) in [4.78, 5) is 64.6. The van der Waals surface area contributed by atoms with Crippen LogP contribution in [0.3, 0.4) is 0 Å². The lowest BCUT2D eigenvalue weighted by Gasteiger charge is -2.30. The van der Waals surface area contributed by atoms with Gasteiger partial charge in [0.05, 0.1) is 19.4 Å². The highest BCUT2D eigenvalue weighted by molar-refractivity contribution is 6.08. The fraction of sp³-hybridized carbons (Fsp3) is 0.542.